The van der Waals surface area contributed by atoms with E-state index >= 15 is 0 Å². The van der Waals surface area contributed by atoms with Gasteiger partial charge in [0.05, 0.1) is 10.6 Å². The zero-order chi connectivity index (χ0) is 19.7. The Labute approximate surface area is 158 Å². The smallest absolute Gasteiger partial charge is 0.282 e. The number of amides is 2. The Hall–Kier alpha value is -4.20. The van der Waals surface area contributed by atoms with E-state index in [1.807, 2.05) is 0 Å². The first-order valence-electron chi connectivity index (χ1n) is 8.30. The lowest BCUT2D eigenvalue weighted by Crippen LogP contribution is -2.35. The molecule has 0 bridgehead atoms. The predicted molar refractivity (Wildman–Crippen MR) is 101 cm³/mol. The Morgan fingerprint density at radius 3 is 2.54 bits per heavy atom. The number of benzene rings is 2. The number of hydrogen-bond donors (Lipinski definition) is 1. The molecule has 2 aromatic carbocycles. The van der Waals surface area contributed by atoms with Crippen molar-refractivity contribution in [3.05, 3.63) is 88.2 Å². The van der Waals surface area contributed by atoms with Gasteiger partial charge in [0.1, 0.15) is 17.1 Å². The predicted octanol–water partition coefficient (Wildman–Crippen LogP) is 3.32. The first kappa shape index (κ1) is 17.2. The fourth-order valence-electron chi connectivity index (χ4n) is 2.82. The zero-order valence-electron chi connectivity index (χ0n) is 14.4. The van der Waals surface area contributed by atoms with Crippen LogP contribution < -0.4 is 10.4 Å². The van der Waals surface area contributed by atoms with E-state index in [-0.39, 0.29) is 17.0 Å². The molecule has 0 aliphatic carbocycles. The highest BCUT2D eigenvalue weighted by Crippen LogP contribution is 2.27. The van der Waals surface area contributed by atoms with Crippen LogP contribution in [0.1, 0.15) is 5.76 Å². The Morgan fingerprint density at radius 2 is 1.79 bits per heavy atom. The number of non-ortho nitro benzene ring substituents is 1. The van der Waals surface area contributed by atoms with Crippen molar-refractivity contribution in [2.75, 3.05) is 5.01 Å². The summed E-state index contributed by atoms with van der Waals surface area (Å²) < 4.78 is 5.65. The monoisotopic (exact) mass is 375 g/mol. The SMILES string of the molecule is O=C1NN(c2ccccc2)C(=O)C1=Cc1ccc(-c2cccc([N+](=O)[O-])c2)o1. The number of para-hydroxylation sites is 1. The molecule has 1 aromatic heterocycles. The molecule has 28 heavy (non-hydrogen) atoms. The average Bonchev–Trinajstić information content (AvgIpc) is 3.29. The van der Waals surface area contributed by atoms with Crippen LogP contribution in [0.3, 0.4) is 0 Å². The van der Waals surface area contributed by atoms with Crippen molar-refractivity contribution in [2.45, 2.75) is 0 Å². The molecule has 1 aliphatic rings. The fraction of sp³-hybridized carbons (Fsp3) is 0. The van der Waals surface area contributed by atoms with E-state index in [0.717, 1.165) is 0 Å². The molecule has 1 N–H and O–H groups in total. The summed E-state index contributed by atoms with van der Waals surface area (Å²) in [4.78, 5) is 35.2. The van der Waals surface area contributed by atoms with Crippen LogP contribution >= 0.6 is 0 Å². The van der Waals surface area contributed by atoms with Gasteiger partial charge in [-0.1, -0.05) is 30.3 Å². The second-order valence-electron chi connectivity index (χ2n) is 5.98. The highest BCUT2D eigenvalue weighted by Gasteiger charge is 2.34. The van der Waals surface area contributed by atoms with Crippen LogP contribution in [0.5, 0.6) is 0 Å². The van der Waals surface area contributed by atoms with E-state index in [4.69, 9.17) is 4.42 Å². The lowest BCUT2D eigenvalue weighted by atomic mass is 10.1. The first-order chi connectivity index (χ1) is 13.5. The molecule has 4 rings (SSSR count). The second kappa shape index (κ2) is 6.84. The number of carbonyl (C=O) groups is 2. The Balaban J connectivity index is 1.62. The third kappa shape index (κ3) is 3.14. The minimum absolute atomic E-state index is 0.0577. The number of anilines is 1. The normalized spacial score (nSPS) is 15.1. The first-order valence-corrected chi connectivity index (χ1v) is 8.30. The van der Waals surface area contributed by atoms with E-state index in [1.54, 1.807) is 54.6 Å². The minimum Gasteiger partial charge on any atom is -0.457 e. The molecule has 0 spiro atoms. The summed E-state index contributed by atoms with van der Waals surface area (Å²) in [5.74, 6) is -0.358. The maximum Gasteiger partial charge on any atom is 0.282 e. The van der Waals surface area contributed by atoms with E-state index in [1.165, 1.54) is 23.2 Å². The number of furan rings is 1. The van der Waals surface area contributed by atoms with Gasteiger partial charge in [0, 0.05) is 17.7 Å². The number of nitrogens with zero attached hydrogens (tertiary/aromatic N) is 2. The molecule has 0 atom stereocenters. The Morgan fingerprint density at radius 1 is 1.00 bits per heavy atom. The summed E-state index contributed by atoms with van der Waals surface area (Å²) >= 11 is 0. The number of carbonyl (C=O) groups excluding carboxylic acids is 2. The molecule has 8 heteroatoms. The van der Waals surface area contributed by atoms with E-state index in [2.05, 4.69) is 5.43 Å². The molecule has 0 radical (unpaired) electrons. The molecule has 0 saturated carbocycles. The van der Waals surface area contributed by atoms with Crippen LogP contribution in [0.2, 0.25) is 0 Å². The Kier molecular flexibility index (Phi) is 4.21. The number of hydrazine groups is 1. The van der Waals surface area contributed by atoms with Gasteiger partial charge in [-0.2, -0.15) is 0 Å². The number of hydrogen-bond acceptors (Lipinski definition) is 5. The summed E-state index contributed by atoms with van der Waals surface area (Å²) in [5.41, 5.74) is 3.45. The second-order valence-corrected chi connectivity index (χ2v) is 5.98. The molecule has 1 saturated heterocycles. The highest BCUT2D eigenvalue weighted by atomic mass is 16.6. The van der Waals surface area contributed by atoms with Gasteiger partial charge in [-0.25, -0.2) is 5.01 Å². The molecule has 2 heterocycles. The molecule has 2 amide bonds. The van der Waals surface area contributed by atoms with E-state index in [0.29, 0.717) is 17.0 Å². The van der Waals surface area contributed by atoms with Crippen LogP contribution in [-0.2, 0) is 9.59 Å². The van der Waals surface area contributed by atoms with Gasteiger partial charge in [0.25, 0.3) is 17.5 Å². The average molecular weight is 375 g/mol. The molecular weight excluding hydrogens is 362 g/mol. The zero-order valence-corrected chi connectivity index (χ0v) is 14.4. The molecule has 138 valence electrons. The summed E-state index contributed by atoms with van der Waals surface area (Å²) in [7, 11) is 0. The van der Waals surface area contributed by atoms with Gasteiger partial charge in [0.15, 0.2) is 0 Å². The highest BCUT2D eigenvalue weighted by molar-refractivity contribution is 6.31. The van der Waals surface area contributed by atoms with Gasteiger partial charge in [-0.15, -0.1) is 0 Å². The summed E-state index contributed by atoms with van der Waals surface area (Å²) in [6.07, 6.45) is 1.35. The number of nitro groups is 1. The molecule has 0 unspecified atom stereocenters. The van der Waals surface area contributed by atoms with Crippen LogP contribution in [0.15, 0.2) is 76.7 Å². The molecule has 1 aliphatic heterocycles. The van der Waals surface area contributed by atoms with Gasteiger partial charge >= 0.3 is 0 Å². The van der Waals surface area contributed by atoms with Crippen LogP contribution in [0, 0.1) is 10.1 Å². The summed E-state index contributed by atoms with van der Waals surface area (Å²) in [6.45, 7) is 0. The van der Waals surface area contributed by atoms with E-state index < -0.39 is 16.7 Å². The maximum absolute atomic E-state index is 12.6. The lowest BCUT2D eigenvalue weighted by Gasteiger charge is -2.13. The molecule has 1 fully saturated rings. The Bertz CT molecular complexity index is 1120. The maximum atomic E-state index is 12.6. The molecular formula is C20H13N3O5. The summed E-state index contributed by atoms with van der Waals surface area (Å²) in [6, 6.07) is 17.9. The van der Waals surface area contributed by atoms with Gasteiger partial charge < -0.3 is 4.42 Å². The molecule has 3 aromatic rings. The van der Waals surface area contributed by atoms with Crippen molar-refractivity contribution in [2.24, 2.45) is 0 Å². The van der Waals surface area contributed by atoms with Crippen molar-refractivity contribution in [3.8, 4) is 11.3 Å². The van der Waals surface area contributed by atoms with Crippen molar-refractivity contribution in [1.29, 1.82) is 0 Å². The largest absolute Gasteiger partial charge is 0.457 e. The molecule has 8 nitrogen and oxygen atoms in total. The number of rotatable bonds is 4. The van der Waals surface area contributed by atoms with Gasteiger partial charge in [-0.3, -0.25) is 25.1 Å². The third-order valence-electron chi connectivity index (χ3n) is 4.16. The topological polar surface area (TPSA) is 106 Å². The van der Waals surface area contributed by atoms with Gasteiger partial charge in [0.2, 0.25) is 0 Å². The summed E-state index contributed by atoms with van der Waals surface area (Å²) in [5, 5.41) is 12.1. The minimum atomic E-state index is -0.540. The standard InChI is InChI=1S/C20H13N3O5/c24-19-17(20(25)22(21-19)14-6-2-1-3-7-14)12-16-9-10-18(28-16)13-5-4-8-15(11-13)23(26)27/h1-12H,(H,21,24). The van der Waals surface area contributed by atoms with Crippen molar-refractivity contribution in [1.82, 2.24) is 5.43 Å². The van der Waals surface area contributed by atoms with E-state index in [9.17, 15) is 19.7 Å². The third-order valence-corrected chi connectivity index (χ3v) is 4.16. The van der Waals surface area contributed by atoms with Crippen molar-refractivity contribution >= 4 is 29.3 Å². The van der Waals surface area contributed by atoms with Crippen molar-refractivity contribution in [3.63, 3.8) is 0 Å². The van der Waals surface area contributed by atoms with Crippen LogP contribution in [0.4, 0.5) is 11.4 Å². The lowest BCUT2D eigenvalue weighted by molar-refractivity contribution is -0.384. The van der Waals surface area contributed by atoms with Crippen LogP contribution in [0.25, 0.3) is 17.4 Å². The van der Waals surface area contributed by atoms with Gasteiger partial charge in [-0.05, 0) is 30.3 Å². The number of nitro benzene ring substituents is 1. The number of nitrogens with one attached hydrogen (secondary N) is 1. The van der Waals surface area contributed by atoms with Crippen LogP contribution in [-0.4, -0.2) is 16.7 Å². The quantitative estimate of drug-likeness (QED) is 0.326. The fourth-order valence-corrected chi connectivity index (χ4v) is 2.82. The van der Waals surface area contributed by atoms with Crippen molar-refractivity contribution < 1.29 is 18.9 Å².